The number of nitriles is 1. The number of anilines is 1. The molecule has 1 aliphatic heterocycles. The number of rotatable bonds is 3. The molecule has 2 aromatic carbocycles. The third kappa shape index (κ3) is 3.40. The van der Waals surface area contributed by atoms with Crippen LogP contribution in [-0.4, -0.2) is 18.0 Å². The summed E-state index contributed by atoms with van der Waals surface area (Å²) < 4.78 is 5.81. The SMILES string of the molecule is COc1cc(N2C(C)=C(C#N)CC3=C2CC(c2ccccc2)CC3=O)cc(Br)c1O. The van der Waals surface area contributed by atoms with Crippen LogP contribution in [0, 0.1) is 11.3 Å². The molecule has 1 atom stereocenters. The lowest BCUT2D eigenvalue weighted by Gasteiger charge is -2.39. The second-order valence-electron chi connectivity index (χ2n) is 7.53. The fourth-order valence-corrected chi connectivity index (χ4v) is 4.71. The lowest BCUT2D eigenvalue weighted by molar-refractivity contribution is -0.116. The van der Waals surface area contributed by atoms with Crippen molar-refractivity contribution in [3.05, 3.63) is 75.0 Å². The molecule has 6 heteroatoms. The number of nitrogens with zero attached hydrogens (tertiary/aromatic N) is 2. The van der Waals surface area contributed by atoms with Crippen LogP contribution in [0.25, 0.3) is 0 Å². The first-order valence-corrected chi connectivity index (χ1v) is 10.5. The number of carbonyl (C=O) groups is 1. The van der Waals surface area contributed by atoms with Crippen molar-refractivity contribution in [3.63, 3.8) is 0 Å². The lowest BCUT2D eigenvalue weighted by atomic mass is 9.78. The zero-order chi connectivity index (χ0) is 21.4. The van der Waals surface area contributed by atoms with E-state index in [1.807, 2.05) is 30.0 Å². The summed E-state index contributed by atoms with van der Waals surface area (Å²) in [6.07, 6.45) is 1.50. The maximum absolute atomic E-state index is 13.1. The highest BCUT2D eigenvalue weighted by Crippen LogP contribution is 2.47. The fourth-order valence-electron chi connectivity index (χ4n) is 4.28. The molecule has 0 saturated carbocycles. The van der Waals surface area contributed by atoms with Crippen LogP contribution in [0.5, 0.6) is 11.5 Å². The molecule has 152 valence electrons. The molecule has 1 N–H and O–H groups in total. The zero-order valence-electron chi connectivity index (χ0n) is 16.8. The van der Waals surface area contributed by atoms with E-state index >= 15 is 0 Å². The minimum Gasteiger partial charge on any atom is -0.503 e. The molecule has 0 amide bonds. The monoisotopic (exact) mass is 464 g/mol. The summed E-state index contributed by atoms with van der Waals surface area (Å²) in [5, 5.41) is 19.9. The van der Waals surface area contributed by atoms with Crippen molar-refractivity contribution in [2.45, 2.75) is 32.1 Å². The van der Waals surface area contributed by atoms with Crippen LogP contribution >= 0.6 is 15.9 Å². The number of ether oxygens (including phenoxy) is 1. The highest BCUT2D eigenvalue weighted by atomic mass is 79.9. The highest BCUT2D eigenvalue weighted by Gasteiger charge is 2.36. The van der Waals surface area contributed by atoms with Gasteiger partial charge in [0.2, 0.25) is 0 Å². The van der Waals surface area contributed by atoms with Gasteiger partial charge in [0.15, 0.2) is 17.3 Å². The van der Waals surface area contributed by atoms with Crippen LogP contribution in [0.3, 0.4) is 0 Å². The van der Waals surface area contributed by atoms with E-state index in [0.717, 1.165) is 22.6 Å². The van der Waals surface area contributed by atoms with Crippen LogP contribution < -0.4 is 9.64 Å². The Morgan fingerprint density at radius 1 is 1.23 bits per heavy atom. The van der Waals surface area contributed by atoms with Gasteiger partial charge >= 0.3 is 0 Å². The van der Waals surface area contributed by atoms with Crippen LogP contribution in [0.1, 0.15) is 37.7 Å². The number of hydrogen-bond acceptors (Lipinski definition) is 5. The maximum Gasteiger partial charge on any atom is 0.172 e. The summed E-state index contributed by atoms with van der Waals surface area (Å²) >= 11 is 3.38. The van der Waals surface area contributed by atoms with E-state index < -0.39 is 0 Å². The van der Waals surface area contributed by atoms with Gasteiger partial charge in [-0.05, 0) is 46.8 Å². The summed E-state index contributed by atoms with van der Waals surface area (Å²) in [6.45, 7) is 1.90. The van der Waals surface area contributed by atoms with Crippen molar-refractivity contribution in [2.24, 2.45) is 0 Å². The number of allylic oxidation sites excluding steroid dienone is 4. The average Bonchev–Trinajstić information content (AvgIpc) is 2.76. The van der Waals surface area contributed by atoms with Crippen LogP contribution in [0.15, 0.2) is 69.5 Å². The number of aromatic hydroxyl groups is 1. The van der Waals surface area contributed by atoms with Gasteiger partial charge in [-0.1, -0.05) is 30.3 Å². The minimum atomic E-state index is 0.0106. The van der Waals surface area contributed by atoms with E-state index in [-0.39, 0.29) is 17.5 Å². The van der Waals surface area contributed by atoms with E-state index in [2.05, 4.69) is 34.1 Å². The van der Waals surface area contributed by atoms with Gasteiger partial charge in [-0.15, -0.1) is 0 Å². The van der Waals surface area contributed by atoms with Crippen LogP contribution in [0.4, 0.5) is 5.69 Å². The van der Waals surface area contributed by atoms with E-state index in [1.54, 1.807) is 12.1 Å². The molecule has 1 aliphatic carbocycles. The molecule has 2 aliphatic rings. The topological polar surface area (TPSA) is 73.6 Å². The molecule has 1 unspecified atom stereocenters. The zero-order valence-corrected chi connectivity index (χ0v) is 18.4. The fraction of sp³-hybridized carbons (Fsp3) is 0.250. The molecule has 0 spiro atoms. The van der Waals surface area contributed by atoms with Gasteiger partial charge in [-0.3, -0.25) is 4.79 Å². The molecule has 0 bridgehead atoms. The van der Waals surface area contributed by atoms with Crippen LogP contribution in [-0.2, 0) is 4.79 Å². The number of carbonyl (C=O) groups excluding carboxylic acids is 1. The summed E-state index contributed by atoms with van der Waals surface area (Å²) in [6, 6.07) is 15.8. The Kier molecular flexibility index (Phi) is 5.40. The highest BCUT2D eigenvalue weighted by molar-refractivity contribution is 9.10. The molecular formula is C24H21BrN2O3. The van der Waals surface area contributed by atoms with E-state index in [0.29, 0.717) is 40.6 Å². The lowest BCUT2D eigenvalue weighted by Crippen LogP contribution is -2.33. The molecule has 1 heterocycles. The van der Waals surface area contributed by atoms with E-state index in [4.69, 9.17) is 4.74 Å². The van der Waals surface area contributed by atoms with Crippen molar-refractivity contribution in [1.82, 2.24) is 0 Å². The Labute approximate surface area is 184 Å². The molecule has 0 aromatic heterocycles. The Hall–Kier alpha value is -3.04. The first-order chi connectivity index (χ1) is 14.4. The Bertz CT molecular complexity index is 1130. The second kappa shape index (κ2) is 8.00. The van der Waals surface area contributed by atoms with Crippen molar-refractivity contribution in [3.8, 4) is 17.6 Å². The van der Waals surface area contributed by atoms with Crippen LogP contribution in [0.2, 0.25) is 0 Å². The van der Waals surface area contributed by atoms with E-state index in [1.165, 1.54) is 7.11 Å². The van der Waals surface area contributed by atoms with Gasteiger partial charge in [0, 0.05) is 35.9 Å². The molecule has 5 nitrogen and oxygen atoms in total. The molecule has 30 heavy (non-hydrogen) atoms. The predicted octanol–water partition coefficient (Wildman–Crippen LogP) is 5.57. The number of benzene rings is 2. The summed E-state index contributed by atoms with van der Waals surface area (Å²) in [5.41, 5.74) is 4.84. The number of Topliss-reactive ketones (excluding diaryl/α,β-unsaturated/α-hetero) is 1. The largest absolute Gasteiger partial charge is 0.503 e. The van der Waals surface area contributed by atoms with Gasteiger partial charge in [-0.25, -0.2) is 0 Å². The predicted molar refractivity (Wildman–Crippen MR) is 118 cm³/mol. The Balaban J connectivity index is 1.86. The Morgan fingerprint density at radius 3 is 2.63 bits per heavy atom. The number of phenols is 1. The second-order valence-corrected chi connectivity index (χ2v) is 8.39. The van der Waals surface area contributed by atoms with Gasteiger partial charge in [-0.2, -0.15) is 5.26 Å². The third-order valence-corrected chi connectivity index (χ3v) is 6.45. The summed E-state index contributed by atoms with van der Waals surface area (Å²) in [7, 11) is 1.49. The first kappa shape index (κ1) is 20.2. The molecule has 0 saturated heterocycles. The summed E-state index contributed by atoms with van der Waals surface area (Å²) in [5.74, 6) is 0.496. The average molecular weight is 465 g/mol. The standard InChI is InChI=1S/C24H21BrN2O3/c1-14-17(13-26)8-19-21(9-16(10-22(19)28)15-6-4-3-5-7-15)27(14)18-11-20(25)24(29)23(12-18)30-2/h3-7,11-12,16,29H,8-10H2,1-2H3. The van der Waals surface area contributed by atoms with Gasteiger partial charge in [0.1, 0.15) is 0 Å². The molecule has 2 aromatic rings. The van der Waals surface area contributed by atoms with Gasteiger partial charge < -0.3 is 14.7 Å². The number of hydrogen-bond donors (Lipinski definition) is 1. The molecule has 0 radical (unpaired) electrons. The number of ketones is 1. The Morgan fingerprint density at radius 2 is 1.97 bits per heavy atom. The smallest absolute Gasteiger partial charge is 0.172 e. The minimum absolute atomic E-state index is 0.0106. The molecule has 4 rings (SSSR count). The number of halogens is 1. The van der Waals surface area contributed by atoms with Crippen molar-refractivity contribution in [1.29, 1.82) is 5.26 Å². The molecular weight excluding hydrogens is 444 g/mol. The first-order valence-electron chi connectivity index (χ1n) is 9.71. The van der Waals surface area contributed by atoms with Gasteiger partial charge in [0.25, 0.3) is 0 Å². The number of methoxy groups -OCH3 is 1. The normalized spacial score (nSPS) is 18.9. The van der Waals surface area contributed by atoms with Crippen molar-refractivity contribution >= 4 is 27.4 Å². The third-order valence-electron chi connectivity index (χ3n) is 5.85. The molecule has 0 fully saturated rings. The summed E-state index contributed by atoms with van der Waals surface area (Å²) in [4.78, 5) is 15.1. The van der Waals surface area contributed by atoms with Crippen molar-refractivity contribution < 1.29 is 14.6 Å². The quantitative estimate of drug-likeness (QED) is 0.642. The maximum atomic E-state index is 13.1. The van der Waals surface area contributed by atoms with E-state index in [9.17, 15) is 15.2 Å². The number of phenolic OH excluding ortho intramolecular Hbond substituents is 1. The van der Waals surface area contributed by atoms with Gasteiger partial charge in [0.05, 0.1) is 28.9 Å². The van der Waals surface area contributed by atoms with Crippen molar-refractivity contribution in [2.75, 3.05) is 12.0 Å².